The topological polar surface area (TPSA) is 57.5 Å². The Hall–Kier alpha value is -3.47. The normalized spacial score (nSPS) is 20.5. The zero-order chi connectivity index (χ0) is 20.7. The highest BCUT2D eigenvalue weighted by molar-refractivity contribution is 6.01. The lowest BCUT2D eigenvalue weighted by Crippen LogP contribution is -2.26. The third kappa shape index (κ3) is 3.26. The predicted molar refractivity (Wildman–Crippen MR) is 120 cm³/mol. The first-order valence-electron chi connectivity index (χ1n) is 10.3. The fourth-order valence-corrected chi connectivity index (χ4v) is 4.44. The number of rotatable bonds is 3. The Morgan fingerprint density at radius 2 is 1.70 bits per heavy atom. The molecule has 0 bridgehead atoms. The minimum Gasteiger partial charge on any atom is -0.467 e. The van der Waals surface area contributed by atoms with Gasteiger partial charge in [0.2, 0.25) is 0 Å². The summed E-state index contributed by atoms with van der Waals surface area (Å²) in [5, 5.41) is 7.09. The van der Waals surface area contributed by atoms with Crippen LogP contribution in [0.4, 0.5) is 17.1 Å². The maximum atomic E-state index is 13.4. The van der Waals surface area contributed by atoms with Crippen LogP contribution >= 0.6 is 0 Å². The summed E-state index contributed by atoms with van der Waals surface area (Å²) in [7, 11) is 4.07. The third-order valence-electron chi connectivity index (χ3n) is 6.02. The largest absolute Gasteiger partial charge is 0.467 e. The van der Waals surface area contributed by atoms with E-state index < -0.39 is 0 Å². The first-order chi connectivity index (χ1) is 14.6. The minimum atomic E-state index is -0.296. The van der Waals surface area contributed by atoms with Crippen molar-refractivity contribution in [2.45, 2.75) is 24.8 Å². The van der Waals surface area contributed by atoms with Crippen molar-refractivity contribution in [1.82, 2.24) is 0 Å². The zero-order valence-electron chi connectivity index (χ0n) is 17.2. The molecule has 2 heterocycles. The lowest BCUT2D eigenvalue weighted by Gasteiger charge is -2.29. The average Bonchev–Trinajstić information content (AvgIpc) is 3.22. The highest BCUT2D eigenvalue weighted by Crippen LogP contribution is 2.44. The maximum absolute atomic E-state index is 13.4. The molecule has 152 valence electrons. The molecule has 3 aromatic rings. The molecule has 2 unspecified atom stereocenters. The molecule has 0 radical (unpaired) electrons. The molecule has 1 aliphatic heterocycles. The highest BCUT2D eigenvalue weighted by atomic mass is 16.3. The van der Waals surface area contributed by atoms with E-state index in [4.69, 9.17) is 4.42 Å². The van der Waals surface area contributed by atoms with Crippen molar-refractivity contribution < 1.29 is 9.21 Å². The van der Waals surface area contributed by atoms with Gasteiger partial charge in [0.25, 0.3) is 0 Å². The molecule has 1 aliphatic carbocycles. The van der Waals surface area contributed by atoms with Crippen LogP contribution in [-0.2, 0) is 4.79 Å². The fraction of sp³-hybridized carbons (Fsp3) is 0.240. The molecule has 0 saturated carbocycles. The van der Waals surface area contributed by atoms with Crippen molar-refractivity contribution in [2.75, 3.05) is 29.6 Å². The number of anilines is 3. The van der Waals surface area contributed by atoms with Crippen LogP contribution in [0.25, 0.3) is 0 Å². The number of nitrogens with zero attached hydrogens (tertiary/aromatic N) is 1. The van der Waals surface area contributed by atoms with E-state index in [2.05, 4.69) is 39.8 Å². The Morgan fingerprint density at radius 1 is 0.933 bits per heavy atom. The van der Waals surface area contributed by atoms with E-state index in [1.807, 2.05) is 50.5 Å². The molecule has 5 rings (SSSR count). The van der Waals surface area contributed by atoms with E-state index in [0.717, 1.165) is 40.5 Å². The number of para-hydroxylation sites is 2. The molecule has 0 fully saturated rings. The summed E-state index contributed by atoms with van der Waals surface area (Å²) in [6, 6.07) is 20.1. The summed E-state index contributed by atoms with van der Waals surface area (Å²) in [5.41, 5.74) is 6.06. The Bertz CT molecular complexity index is 1100. The number of carbonyl (C=O) groups excluding carboxylic acids is 1. The molecule has 0 spiro atoms. The molecule has 5 heteroatoms. The SMILES string of the molecule is CN(C)c1ccc(C2CC(=O)C3=C(C2)Nc2ccccc2NC3c2ccco2)cc1. The van der Waals surface area contributed by atoms with Gasteiger partial charge in [-0.3, -0.25) is 4.79 Å². The van der Waals surface area contributed by atoms with E-state index in [9.17, 15) is 4.79 Å². The summed E-state index contributed by atoms with van der Waals surface area (Å²) < 4.78 is 5.71. The van der Waals surface area contributed by atoms with E-state index in [0.29, 0.717) is 6.42 Å². The minimum absolute atomic E-state index is 0.155. The van der Waals surface area contributed by atoms with Crippen LogP contribution < -0.4 is 15.5 Å². The quantitative estimate of drug-likeness (QED) is 0.624. The number of allylic oxidation sites excluding steroid dienone is 1. The first kappa shape index (κ1) is 18.6. The molecule has 0 saturated heterocycles. The third-order valence-corrected chi connectivity index (χ3v) is 6.02. The molecule has 2 aromatic carbocycles. The molecular formula is C25H25N3O2. The van der Waals surface area contributed by atoms with Crippen molar-refractivity contribution in [1.29, 1.82) is 0 Å². The molecule has 5 nitrogen and oxygen atoms in total. The fourth-order valence-electron chi connectivity index (χ4n) is 4.44. The maximum Gasteiger partial charge on any atom is 0.163 e. The number of hydrogen-bond donors (Lipinski definition) is 2. The number of carbonyl (C=O) groups is 1. The number of furan rings is 1. The number of Topliss-reactive ketones (excluding diaryl/α,β-unsaturated/α-hetero) is 1. The van der Waals surface area contributed by atoms with Gasteiger partial charge in [0.1, 0.15) is 11.8 Å². The summed E-state index contributed by atoms with van der Waals surface area (Å²) >= 11 is 0. The van der Waals surface area contributed by atoms with E-state index >= 15 is 0 Å². The van der Waals surface area contributed by atoms with Gasteiger partial charge >= 0.3 is 0 Å². The van der Waals surface area contributed by atoms with Crippen LogP contribution in [0.15, 0.2) is 82.6 Å². The van der Waals surface area contributed by atoms with Crippen LogP contribution in [-0.4, -0.2) is 19.9 Å². The summed E-state index contributed by atoms with van der Waals surface area (Å²) in [6.07, 6.45) is 2.94. The van der Waals surface area contributed by atoms with Gasteiger partial charge in [0, 0.05) is 37.5 Å². The predicted octanol–water partition coefficient (Wildman–Crippen LogP) is 5.33. The van der Waals surface area contributed by atoms with Crippen LogP contribution in [0, 0.1) is 0 Å². The number of benzene rings is 2. The first-order valence-corrected chi connectivity index (χ1v) is 10.3. The van der Waals surface area contributed by atoms with Crippen molar-refractivity contribution in [2.24, 2.45) is 0 Å². The van der Waals surface area contributed by atoms with Crippen LogP contribution in [0.3, 0.4) is 0 Å². The second kappa shape index (κ2) is 7.41. The van der Waals surface area contributed by atoms with Gasteiger partial charge in [-0.1, -0.05) is 24.3 Å². The smallest absolute Gasteiger partial charge is 0.163 e. The van der Waals surface area contributed by atoms with Gasteiger partial charge in [0.15, 0.2) is 5.78 Å². The summed E-state index contributed by atoms with van der Waals surface area (Å²) in [5.74, 6) is 1.07. The van der Waals surface area contributed by atoms with Gasteiger partial charge < -0.3 is 20.0 Å². The average molecular weight is 399 g/mol. The van der Waals surface area contributed by atoms with Gasteiger partial charge in [-0.05, 0) is 54.3 Å². The van der Waals surface area contributed by atoms with Crippen LogP contribution in [0.2, 0.25) is 0 Å². The Labute approximate surface area is 176 Å². The Balaban J connectivity index is 1.54. The zero-order valence-corrected chi connectivity index (χ0v) is 17.2. The van der Waals surface area contributed by atoms with Gasteiger partial charge in [-0.25, -0.2) is 0 Å². The van der Waals surface area contributed by atoms with Crippen LogP contribution in [0.5, 0.6) is 0 Å². The van der Waals surface area contributed by atoms with Gasteiger partial charge in [0.05, 0.1) is 17.6 Å². The second-order valence-corrected chi connectivity index (χ2v) is 8.17. The van der Waals surface area contributed by atoms with Crippen LogP contribution in [0.1, 0.15) is 36.1 Å². The lowest BCUT2D eigenvalue weighted by molar-refractivity contribution is -0.116. The van der Waals surface area contributed by atoms with E-state index in [-0.39, 0.29) is 17.7 Å². The molecular weight excluding hydrogens is 374 g/mol. The standard InChI is InChI=1S/C25H25N3O2/c1-28(2)18-11-9-16(10-12-18)17-14-21-24(22(29)15-17)25(23-8-5-13-30-23)27-20-7-4-3-6-19(20)26-21/h3-13,17,25-27H,14-15H2,1-2H3. The van der Waals surface area contributed by atoms with E-state index in [1.54, 1.807) is 6.26 Å². The number of ketones is 1. The summed E-state index contributed by atoms with van der Waals surface area (Å²) in [6.45, 7) is 0. The molecule has 2 N–H and O–H groups in total. The van der Waals surface area contributed by atoms with Crippen molar-refractivity contribution in [3.8, 4) is 0 Å². The molecule has 2 aliphatic rings. The van der Waals surface area contributed by atoms with E-state index in [1.165, 1.54) is 5.56 Å². The molecule has 1 aromatic heterocycles. The number of fused-ring (bicyclic) bond motifs is 1. The van der Waals surface area contributed by atoms with Gasteiger partial charge in [-0.2, -0.15) is 0 Å². The number of nitrogens with one attached hydrogen (secondary N) is 2. The number of hydrogen-bond acceptors (Lipinski definition) is 5. The van der Waals surface area contributed by atoms with Crippen molar-refractivity contribution in [3.63, 3.8) is 0 Å². The second-order valence-electron chi connectivity index (χ2n) is 8.17. The Kier molecular flexibility index (Phi) is 4.58. The van der Waals surface area contributed by atoms with Crippen molar-refractivity contribution >= 4 is 22.8 Å². The molecule has 30 heavy (non-hydrogen) atoms. The lowest BCUT2D eigenvalue weighted by atomic mass is 9.79. The molecule has 2 atom stereocenters. The van der Waals surface area contributed by atoms with Crippen molar-refractivity contribution in [3.05, 3.63) is 89.5 Å². The summed E-state index contributed by atoms with van der Waals surface area (Å²) in [4.78, 5) is 15.5. The monoisotopic (exact) mass is 399 g/mol. The highest BCUT2D eigenvalue weighted by Gasteiger charge is 2.37. The Morgan fingerprint density at radius 3 is 2.40 bits per heavy atom. The van der Waals surface area contributed by atoms with Gasteiger partial charge in [-0.15, -0.1) is 0 Å². The molecule has 0 amide bonds.